The van der Waals surface area contributed by atoms with Crippen molar-refractivity contribution in [2.75, 3.05) is 11.9 Å². The first kappa shape index (κ1) is 19.9. The highest BCUT2D eigenvalue weighted by Gasteiger charge is 2.13. The van der Waals surface area contributed by atoms with Gasteiger partial charge in [0.2, 0.25) is 0 Å². The lowest BCUT2D eigenvalue weighted by molar-refractivity contribution is -0.112. The molecule has 144 valence electrons. The molecule has 2 aromatic carbocycles. The van der Waals surface area contributed by atoms with E-state index in [2.05, 4.69) is 21.2 Å². The number of unbranched alkanes of at least 4 members (excludes halogenated alkanes) is 1. The molecule has 1 aliphatic rings. The second-order valence-corrected chi connectivity index (χ2v) is 7.14. The molecule has 0 radical (unpaired) electrons. The first-order chi connectivity index (χ1) is 13.6. The van der Waals surface area contributed by atoms with Crippen LogP contribution in [0.3, 0.4) is 0 Å². The normalized spacial score (nSPS) is 12.3. The summed E-state index contributed by atoms with van der Waals surface area (Å²) >= 11 is 3.42. The van der Waals surface area contributed by atoms with Gasteiger partial charge in [-0.25, -0.2) is 4.79 Å². The van der Waals surface area contributed by atoms with E-state index in [-0.39, 0.29) is 11.9 Å². The van der Waals surface area contributed by atoms with E-state index in [0.29, 0.717) is 29.2 Å². The Morgan fingerprint density at radius 3 is 2.68 bits per heavy atom. The van der Waals surface area contributed by atoms with Gasteiger partial charge in [0.05, 0.1) is 18.4 Å². The molecule has 28 heavy (non-hydrogen) atoms. The number of nitrogens with one attached hydrogen (secondary N) is 1. The Hall–Kier alpha value is -2.86. The predicted molar refractivity (Wildman–Crippen MR) is 112 cm³/mol. The smallest absolute Gasteiger partial charge is 0.338 e. The SMILES string of the molecule is CCCCOC(=O)c1ccc(NC(=O)C2=Cc3cc(Br)ccc3OC=C2)cc1. The van der Waals surface area contributed by atoms with Crippen LogP contribution in [0, 0.1) is 0 Å². The molecule has 1 heterocycles. The number of rotatable bonds is 6. The van der Waals surface area contributed by atoms with Gasteiger partial charge in [-0.3, -0.25) is 4.79 Å². The maximum Gasteiger partial charge on any atom is 0.338 e. The molecule has 5 nitrogen and oxygen atoms in total. The summed E-state index contributed by atoms with van der Waals surface area (Å²) in [6, 6.07) is 12.2. The molecule has 1 amide bonds. The molecule has 0 saturated carbocycles. The zero-order chi connectivity index (χ0) is 19.9. The standard InChI is InChI=1S/C22H20BrNO4/c1-2-3-11-28-22(26)15-4-7-19(8-5-15)24-21(25)16-10-12-27-20-9-6-18(23)14-17(20)13-16/h4-10,12-14H,2-3,11H2,1H3,(H,24,25). The third-order valence-electron chi connectivity index (χ3n) is 4.10. The lowest BCUT2D eigenvalue weighted by Gasteiger charge is -2.07. The maximum absolute atomic E-state index is 12.6. The molecule has 1 aliphatic heterocycles. The lowest BCUT2D eigenvalue weighted by Crippen LogP contribution is -2.13. The highest BCUT2D eigenvalue weighted by atomic mass is 79.9. The zero-order valence-electron chi connectivity index (χ0n) is 15.4. The van der Waals surface area contributed by atoms with Gasteiger partial charge in [0.25, 0.3) is 5.91 Å². The van der Waals surface area contributed by atoms with E-state index in [0.717, 1.165) is 22.9 Å². The number of amides is 1. The largest absolute Gasteiger partial charge is 0.464 e. The number of fused-ring (bicyclic) bond motifs is 1. The zero-order valence-corrected chi connectivity index (χ0v) is 17.0. The number of hydrogen-bond acceptors (Lipinski definition) is 4. The van der Waals surface area contributed by atoms with Crippen LogP contribution < -0.4 is 10.1 Å². The fourth-order valence-corrected chi connectivity index (χ4v) is 2.94. The second kappa shape index (κ2) is 9.37. The van der Waals surface area contributed by atoms with E-state index in [9.17, 15) is 9.59 Å². The Labute approximate surface area is 172 Å². The molecule has 0 bridgehead atoms. The van der Waals surface area contributed by atoms with Crippen LogP contribution in [0.1, 0.15) is 35.7 Å². The summed E-state index contributed by atoms with van der Waals surface area (Å²) in [5.74, 6) is 0.0409. The first-order valence-electron chi connectivity index (χ1n) is 9.00. The quantitative estimate of drug-likeness (QED) is 0.485. The minimum atomic E-state index is -0.361. The van der Waals surface area contributed by atoms with Gasteiger partial charge >= 0.3 is 5.97 Å². The number of carbonyl (C=O) groups excluding carboxylic acids is 2. The van der Waals surface area contributed by atoms with Gasteiger partial charge in [-0.05, 0) is 61.0 Å². The topological polar surface area (TPSA) is 64.6 Å². The van der Waals surface area contributed by atoms with Gasteiger partial charge in [-0.15, -0.1) is 0 Å². The van der Waals surface area contributed by atoms with Crippen molar-refractivity contribution in [3.05, 3.63) is 76.0 Å². The van der Waals surface area contributed by atoms with Crippen molar-refractivity contribution in [2.45, 2.75) is 19.8 Å². The van der Waals surface area contributed by atoms with Crippen LogP contribution in [0.15, 0.2) is 64.8 Å². The molecule has 0 fully saturated rings. The maximum atomic E-state index is 12.6. The van der Waals surface area contributed by atoms with E-state index in [1.807, 2.05) is 25.1 Å². The van der Waals surface area contributed by atoms with Crippen LogP contribution in [-0.4, -0.2) is 18.5 Å². The molecule has 0 aromatic heterocycles. The molecule has 6 heteroatoms. The van der Waals surface area contributed by atoms with Gasteiger partial charge in [-0.2, -0.15) is 0 Å². The first-order valence-corrected chi connectivity index (χ1v) is 9.79. The Kier molecular flexibility index (Phi) is 6.66. The molecule has 2 aromatic rings. The Morgan fingerprint density at radius 2 is 1.93 bits per heavy atom. The molecular formula is C22H20BrNO4. The van der Waals surface area contributed by atoms with Gasteiger partial charge < -0.3 is 14.8 Å². The molecular weight excluding hydrogens is 422 g/mol. The van der Waals surface area contributed by atoms with E-state index in [4.69, 9.17) is 9.47 Å². The summed E-state index contributed by atoms with van der Waals surface area (Å²) in [6.45, 7) is 2.45. The Balaban J connectivity index is 1.68. The van der Waals surface area contributed by atoms with Gasteiger partial charge in [0.1, 0.15) is 5.75 Å². The van der Waals surface area contributed by atoms with Crippen LogP contribution in [0.5, 0.6) is 5.75 Å². The third-order valence-corrected chi connectivity index (χ3v) is 4.59. The number of hydrogen-bond donors (Lipinski definition) is 1. The summed E-state index contributed by atoms with van der Waals surface area (Å²) in [7, 11) is 0. The van der Waals surface area contributed by atoms with E-state index < -0.39 is 0 Å². The van der Waals surface area contributed by atoms with Crippen molar-refractivity contribution in [3.63, 3.8) is 0 Å². The number of ether oxygens (including phenoxy) is 2. The highest BCUT2D eigenvalue weighted by molar-refractivity contribution is 9.10. The molecule has 1 N–H and O–H groups in total. The Bertz CT molecular complexity index is 932. The van der Waals surface area contributed by atoms with Crippen LogP contribution in [-0.2, 0) is 9.53 Å². The third kappa shape index (κ3) is 5.10. The molecule has 0 unspecified atom stereocenters. The minimum absolute atomic E-state index is 0.272. The molecule has 0 saturated heterocycles. The van der Waals surface area contributed by atoms with Crippen LogP contribution in [0.4, 0.5) is 5.69 Å². The summed E-state index contributed by atoms with van der Waals surface area (Å²) in [4.78, 5) is 24.6. The lowest BCUT2D eigenvalue weighted by atomic mass is 10.1. The molecule has 0 spiro atoms. The van der Waals surface area contributed by atoms with Crippen LogP contribution >= 0.6 is 15.9 Å². The fourth-order valence-electron chi connectivity index (χ4n) is 2.56. The van der Waals surface area contributed by atoms with Gasteiger partial charge in [0, 0.05) is 21.3 Å². The van der Waals surface area contributed by atoms with Crippen molar-refractivity contribution >= 4 is 39.6 Å². The summed E-state index contributed by atoms with van der Waals surface area (Å²) < 4.78 is 11.6. The van der Waals surface area contributed by atoms with E-state index in [1.54, 1.807) is 36.4 Å². The monoisotopic (exact) mass is 441 g/mol. The van der Waals surface area contributed by atoms with Crippen molar-refractivity contribution in [1.29, 1.82) is 0 Å². The van der Waals surface area contributed by atoms with E-state index >= 15 is 0 Å². The average Bonchev–Trinajstić information content (AvgIpc) is 2.90. The number of anilines is 1. The van der Waals surface area contributed by atoms with Gasteiger partial charge in [-0.1, -0.05) is 29.3 Å². The number of benzene rings is 2. The van der Waals surface area contributed by atoms with Crippen molar-refractivity contribution in [2.24, 2.45) is 0 Å². The summed E-state index contributed by atoms with van der Waals surface area (Å²) in [6.07, 6.45) is 6.67. The average molecular weight is 442 g/mol. The number of halogens is 1. The van der Waals surface area contributed by atoms with Crippen LogP contribution in [0.25, 0.3) is 6.08 Å². The van der Waals surface area contributed by atoms with Crippen LogP contribution in [0.2, 0.25) is 0 Å². The van der Waals surface area contributed by atoms with Gasteiger partial charge in [0.15, 0.2) is 0 Å². The van der Waals surface area contributed by atoms with E-state index in [1.165, 1.54) is 6.26 Å². The van der Waals surface area contributed by atoms with Crippen molar-refractivity contribution in [3.8, 4) is 5.75 Å². The number of esters is 1. The second-order valence-electron chi connectivity index (χ2n) is 6.22. The summed E-state index contributed by atoms with van der Waals surface area (Å²) in [5, 5.41) is 2.83. The Morgan fingerprint density at radius 1 is 1.14 bits per heavy atom. The predicted octanol–water partition coefficient (Wildman–Crippen LogP) is 5.33. The highest BCUT2D eigenvalue weighted by Crippen LogP contribution is 2.28. The fraction of sp³-hybridized carbons (Fsp3) is 0.182. The summed E-state index contributed by atoms with van der Waals surface area (Å²) in [5.41, 5.74) is 2.30. The molecule has 3 rings (SSSR count). The van der Waals surface area contributed by atoms with Crippen molar-refractivity contribution < 1.29 is 19.1 Å². The minimum Gasteiger partial charge on any atom is -0.464 e. The van der Waals surface area contributed by atoms with Crippen molar-refractivity contribution in [1.82, 2.24) is 0 Å². The molecule has 0 atom stereocenters. The molecule has 0 aliphatic carbocycles. The number of carbonyl (C=O) groups is 2.